The average molecular weight is 457 g/mol. The van der Waals surface area contributed by atoms with E-state index >= 15 is 0 Å². The number of ketones is 1. The molecule has 0 radical (unpaired) electrons. The minimum Gasteiger partial charge on any atom is -0.466 e. The standard InChI is InChI=1S/C24H28N2O3S2/c1-5-29-21(28)12-16(27)14-31-23-18(13-25)22(20-7-6-10-30-20)17-9-8-15(24(2,3)4)11-19(17)26-23/h6-7,10,15H,5,8-9,11-12,14H2,1-4H3/t15-/m0/s1. The van der Waals surface area contributed by atoms with Gasteiger partial charge in [-0.05, 0) is 54.5 Å². The van der Waals surface area contributed by atoms with E-state index in [0.29, 0.717) is 16.5 Å². The van der Waals surface area contributed by atoms with Gasteiger partial charge < -0.3 is 4.74 Å². The summed E-state index contributed by atoms with van der Waals surface area (Å²) in [6.45, 7) is 8.75. The summed E-state index contributed by atoms with van der Waals surface area (Å²) in [5, 5.41) is 12.6. The fraction of sp³-hybridized carbons (Fsp3) is 0.500. The molecule has 3 rings (SSSR count). The molecule has 2 aromatic rings. The maximum absolute atomic E-state index is 12.3. The highest BCUT2D eigenvalue weighted by atomic mass is 32.2. The Kier molecular flexibility index (Phi) is 7.55. The van der Waals surface area contributed by atoms with Crippen LogP contribution in [0.5, 0.6) is 0 Å². The molecule has 2 heterocycles. The highest BCUT2D eigenvalue weighted by Crippen LogP contribution is 2.43. The molecule has 0 saturated carbocycles. The molecule has 0 unspecified atom stereocenters. The van der Waals surface area contributed by atoms with Crippen molar-refractivity contribution in [1.82, 2.24) is 4.98 Å². The number of thiophene rings is 1. The molecule has 1 atom stereocenters. The summed E-state index contributed by atoms with van der Waals surface area (Å²) in [6, 6.07) is 6.38. The van der Waals surface area contributed by atoms with Gasteiger partial charge in [0.05, 0.1) is 17.9 Å². The minimum atomic E-state index is -0.515. The lowest BCUT2D eigenvalue weighted by molar-refractivity contribution is -0.145. The summed E-state index contributed by atoms with van der Waals surface area (Å²) in [7, 11) is 0. The molecule has 0 amide bonds. The van der Waals surface area contributed by atoms with Gasteiger partial charge in [0, 0.05) is 16.1 Å². The minimum absolute atomic E-state index is 0.0891. The summed E-state index contributed by atoms with van der Waals surface area (Å²) < 4.78 is 4.86. The number of thioether (sulfide) groups is 1. The van der Waals surface area contributed by atoms with Crippen LogP contribution in [0.1, 0.15) is 57.4 Å². The Bertz CT molecular complexity index is 1000. The summed E-state index contributed by atoms with van der Waals surface area (Å²) in [5.74, 6) is -0.136. The van der Waals surface area contributed by atoms with Crippen molar-refractivity contribution in [2.24, 2.45) is 11.3 Å². The van der Waals surface area contributed by atoms with Crippen LogP contribution in [0.2, 0.25) is 0 Å². The molecular weight excluding hydrogens is 428 g/mol. The third-order valence-corrected chi connectivity index (χ3v) is 7.58. The third-order valence-electron chi connectivity index (χ3n) is 5.65. The van der Waals surface area contributed by atoms with Crippen LogP contribution in [-0.4, -0.2) is 29.1 Å². The normalized spacial score (nSPS) is 15.8. The molecule has 0 spiro atoms. The van der Waals surface area contributed by atoms with Gasteiger partial charge in [0.2, 0.25) is 0 Å². The number of esters is 1. The molecule has 0 aromatic carbocycles. The second kappa shape index (κ2) is 9.97. The molecule has 31 heavy (non-hydrogen) atoms. The van der Waals surface area contributed by atoms with E-state index in [1.54, 1.807) is 18.3 Å². The molecule has 2 aromatic heterocycles. The molecule has 164 valence electrons. The third kappa shape index (κ3) is 5.55. The molecule has 0 aliphatic heterocycles. The van der Waals surface area contributed by atoms with Crippen molar-refractivity contribution in [1.29, 1.82) is 5.26 Å². The van der Waals surface area contributed by atoms with Crippen molar-refractivity contribution in [2.75, 3.05) is 12.4 Å². The fourth-order valence-electron chi connectivity index (χ4n) is 3.95. The highest BCUT2D eigenvalue weighted by molar-refractivity contribution is 8.00. The summed E-state index contributed by atoms with van der Waals surface area (Å²) >= 11 is 2.86. The van der Waals surface area contributed by atoms with Crippen LogP contribution >= 0.6 is 23.1 Å². The first kappa shape index (κ1) is 23.5. The number of ether oxygens (including phenoxy) is 1. The lowest BCUT2D eigenvalue weighted by Gasteiger charge is -2.35. The van der Waals surface area contributed by atoms with Crippen molar-refractivity contribution in [3.05, 3.63) is 34.3 Å². The van der Waals surface area contributed by atoms with Gasteiger partial charge in [0.25, 0.3) is 0 Å². The van der Waals surface area contributed by atoms with Crippen molar-refractivity contribution < 1.29 is 14.3 Å². The van der Waals surface area contributed by atoms with Crippen LogP contribution in [0.4, 0.5) is 0 Å². The maximum Gasteiger partial charge on any atom is 0.313 e. The van der Waals surface area contributed by atoms with Gasteiger partial charge in [0.1, 0.15) is 17.5 Å². The van der Waals surface area contributed by atoms with Gasteiger partial charge in [-0.25, -0.2) is 4.98 Å². The Morgan fingerprint density at radius 1 is 1.39 bits per heavy atom. The molecule has 0 fully saturated rings. The molecule has 7 heteroatoms. The summed E-state index contributed by atoms with van der Waals surface area (Å²) in [4.78, 5) is 29.8. The largest absolute Gasteiger partial charge is 0.466 e. The van der Waals surface area contributed by atoms with Crippen LogP contribution in [-0.2, 0) is 27.2 Å². The molecule has 0 saturated heterocycles. The van der Waals surface area contributed by atoms with Gasteiger partial charge in [-0.15, -0.1) is 11.3 Å². The Labute approximate surface area is 192 Å². The smallest absolute Gasteiger partial charge is 0.313 e. The van der Waals surface area contributed by atoms with Gasteiger partial charge in [-0.1, -0.05) is 38.6 Å². The number of carbonyl (C=O) groups excluding carboxylic acids is 2. The van der Waals surface area contributed by atoms with Crippen molar-refractivity contribution in [3.8, 4) is 16.5 Å². The van der Waals surface area contributed by atoms with Crippen LogP contribution < -0.4 is 0 Å². The Morgan fingerprint density at radius 2 is 2.16 bits per heavy atom. The number of hydrogen-bond acceptors (Lipinski definition) is 7. The molecule has 1 aliphatic rings. The van der Waals surface area contributed by atoms with E-state index in [9.17, 15) is 14.9 Å². The number of nitrogens with zero attached hydrogens (tertiary/aromatic N) is 2. The zero-order valence-corrected chi connectivity index (χ0v) is 20.1. The predicted molar refractivity (Wildman–Crippen MR) is 124 cm³/mol. The van der Waals surface area contributed by atoms with Gasteiger partial charge in [0.15, 0.2) is 5.78 Å². The van der Waals surface area contributed by atoms with Crippen LogP contribution in [0, 0.1) is 22.7 Å². The average Bonchev–Trinajstić information content (AvgIpc) is 3.24. The summed E-state index contributed by atoms with van der Waals surface area (Å²) in [6.07, 6.45) is 2.59. The number of hydrogen-bond donors (Lipinski definition) is 0. The zero-order chi connectivity index (χ0) is 22.6. The summed E-state index contributed by atoms with van der Waals surface area (Å²) in [5.41, 5.74) is 3.88. The fourth-order valence-corrected chi connectivity index (χ4v) is 5.62. The highest BCUT2D eigenvalue weighted by Gasteiger charge is 2.33. The number of Topliss-reactive ketones (excluding diaryl/α,β-unsaturated/α-hetero) is 1. The monoisotopic (exact) mass is 456 g/mol. The molecule has 5 nitrogen and oxygen atoms in total. The van der Waals surface area contributed by atoms with Crippen LogP contribution in [0.25, 0.3) is 10.4 Å². The number of rotatable bonds is 7. The first-order valence-corrected chi connectivity index (χ1v) is 12.4. The van der Waals surface area contributed by atoms with E-state index in [1.165, 1.54) is 17.3 Å². The number of nitriles is 1. The first-order chi connectivity index (χ1) is 14.7. The second-order valence-electron chi connectivity index (χ2n) is 8.80. The number of pyridine rings is 1. The Hall–Kier alpha value is -2.17. The van der Waals surface area contributed by atoms with Crippen LogP contribution in [0.3, 0.4) is 0 Å². The van der Waals surface area contributed by atoms with E-state index < -0.39 is 5.97 Å². The molecule has 0 bridgehead atoms. The van der Waals surface area contributed by atoms with E-state index in [1.807, 2.05) is 17.5 Å². The van der Waals surface area contributed by atoms with Gasteiger partial charge >= 0.3 is 5.97 Å². The second-order valence-corrected chi connectivity index (χ2v) is 10.7. The van der Waals surface area contributed by atoms with E-state index in [-0.39, 0.29) is 30.0 Å². The van der Waals surface area contributed by atoms with E-state index in [2.05, 4.69) is 26.8 Å². The quantitative estimate of drug-likeness (QED) is 0.313. The lowest BCUT2D eigenvalue weighted by Crippen LogP contribution is -2.28. The van der Waals surface area contributed by atoms with Crippen molar-refractivity contribution in [3.63, 3.8) is 0 Å². The predicted octanol–water partition coefficient (Wildman–Crippen LogP) is 5.45. The van der Waals surface area contributed by atoms with Gasteiger partial charge in [-0.3, -0.25) is 9.59 Å². The van der Waals surface area contributed by atoms with Crippen molar-refractivity contribution >= 4 is 34.9 Å². The Morgan fingerprint density at radius 3 is 2.77 bits per heavy atom. The van der Waals surface area contributed by atoms with E-state index in [4.69, 9.17) is 9.72 Å². The van der Waals surface area contributed by atoms with Gasteiger partial charge in [-0.2, -0.15) is 5.26 Å². The number of fused-ring (bicyclic) bond motifs is 1. The molecule has 1 aliphatic carbocycles. The lowest BCUT2D eigenvalue weighted by atomic mass is 9.71. The number of aromatic nitrogens is 1. The maximum atomic E-state index is 12.3. The van der Waals surface area contributed by atoms with Crippen LogP contribution in [0.15, 0.2) is 22.5 Å². The molecular formula is C24H28N2O3S2. The van der Waals surface area contributed by atoms with E-state index in [0.717, 1.165) is 35.4 Å². The topological polar surface area (TPSA) is 80.1 Å². The number of carbonyl (C=O) groups is 2. The Balaban J connectivity index is 1.96. The zero-order valence-electron chi connectivity index (χ0n) is 18.5. The molecule has 0 N–H and O–H groups in total. The SMILES string of the molecule is CCOC(=O)CC(=O)CSc1nc2c(c(-c3cccs3)c1C#N)CC[C@H](C(C)(C)C)C2. The van der Waals surface area contributed by atoms with Crippen molar-refractivity contribution in [2.45, 2.75) is 58.4 Å². The first-order valence-electron chi connectivity index (χ1n) is 10.5.